The molecule has 5 heteroatoms. The monoisotopic (exact) mass is 405 g/mol. The van der Waals surface area contributed by atoms with Gasteiger partial charge in [-0.2, -0.15) is 0 Å². The molecule has 1 aliphatic heterocycles. The second-order valence-electron chi connectivity index (χ2n) is 7.77. The molecule has 1 aromatic heterocycles. The smallest absolute Gasteiger partial charge is 0.261 e. The molecule has 2 aliphatic rings. The number of carbonyl (C=O) groups excluding carboxylic acids is 1. The number of amides is 1. The zero-order valence-corrected chi connectivity index (χ0v) is 17.6. The number of ether oxygens (including phenoxy) is 2. The maximum absolute atomic E-state index is 12.8. The summed E-state index contributed by atoms with van der Waals surface area (Å²) in [7, 11) is 3.33. The maximum atomic E-state index is 12.8. The molecule has 0 spiro atoms. The lowest BCUT2D eigenvalue weighted by molar-refractivity contribution is 0.0919. The summed E-state index contributed by atoms with van der Waals surface area (Å²) in [5.41, 5.74) is 6.02. The summed E-state index contributed by atoms with van der Waals surface area (Å²) in [5.74, 6) is 1.69. The van der Waals surface area contributed by atoms with Crippen LogP contribution in [0.4, 0.5) is 0 Å². The Morgan fingerprint density at radius 2 is 1.83 bits per heavy atom. The molecule has 1 N–H and O–H groups in total. The molecule has 0 bridgehead atoms. The van der Waals surface area contributed by atoms with Crippen molar-refractivity contribution in [3.05, 3.63) is 69.6 Å². The van der Waals surface area contributed by atoms with Crippen molar-refractivity contribution in [1.82, 2.24) is 5.32 Å². The zero-order valence-electron chi connectivity index (χ0n) is 16.7. The number of hydrogen-bond acceptors (Lipinski definition) is 4. The third-order valence-corrected chi connectivity index (χ3v) is 7.23. The molecule has 1 aliphatic carbocycles. The Labute approximate surface area is 174 Å². The lowest BCUT2D eigenvalue weighted by Crippen LogP contribution is -2.46. The molecule has 2 atom stereocenters. The second-order valence-corrected chi connectivity index (χ2v) is 8.82. The van der Waals surface area contributed by atoms with Crippen molar-refractivity contribution in [3.63, 3.8) is 0 Å². The van der Waals surface area contributed by atoms with E-state index >= 15 is 0 Å². The van der Waals surface area contributed by atoms with E-state index < -0.39 is 0 Å². The maximum Gasteiger partial charge on any atom is 0.261 e. The van der Waals surface area contributed by atoms with Crippen LogP contribution in [0.15, 0.2) is 42.5 Å². The highest BCUT2D eigenvalue weighted by Gasteiger charge is 2.40. The molecule has 3 aromatic rings. The van der Waals surface area contributed by atoms with Crippen LogP contribution in [0.1, 0.15) is 44.3 Å². The van der Waals surface area contributed by atoms with Gasteiger partial charge in [0, 0.05) is 16.8 Å². The van der Waals surface area contributed by atoms with Gasteiger partial charge in [0.2, 0.25) is 0 Å². The fourth-order valence-electron chi connectivity index (χ4n) is 4.67. The first kappa shape index (κ1) is 18.3. The lowest BCUT2D eigenvalue weighted by Gasteiger charge is -2.38. The second kappa shape index (κ2) is 6.92. The van der Waals surface area contributed by atoms with Crippen molar-refractivity contribution >= 4 is 17.2 Å². The van der Waals surface area contributed by atoms with Gasteiger partial charge in [-0.05, 0) is 60.2 Å². The third-order valence-electron chi connectivity index (χ3n) is 6.03. The van der Waals surface area contributed by atoms with E-state index in [1.54, 1.807) is 25.6 Å². The normalized spacial score (nSPS) is 19.6. The minimum atomic E-state index is 0.0501. The van der Waals surface area contributed by atoms with Crippen molar-refractivity contribution in [1.29, 1.82) is 0 Å². The largest absolute Gasteiger partial charge is 0.493 e. The molecule has 0 saturated carbocycles. The quantitative estimate of drug-likeness (QED) is 0.672. The summed E-state index contributed by atoms with van der Waals surface area (Å²) in [6, 6.07) is 15.0. The Bertz CT molecular complexity index is 1120. The van der Waals surface area contributed by atoms with Gasteiger partial charge >= 0.3 is 0 Å². The number of fused-ring (bicyclic) bond motifs is 5. The van der Waals surface area contributed by atoms with Gasteiger partial charge in [-0.1, -0.05) is 29.8 Å². The van der Waals surface area contributed by atoms with E-state index in [0.717, 1.165) is 45.2 Å². The van der Waals surface area contributed by atoms with Gasteiger partial charge in [0.15, 0.2) is 11.5 Å². The number of benzene rings is 2. The van der Waals surface area contributed by atoms with Gasteiger partial charge < -0.3 is 14.8 Å². The van der Waals surface area contributed by atoms with Gasteiger partial charge in [0.1, 0.15) is 0 Å². The highest BCUT2D eigenvalue weighted by atomic mass is 32.1. The van der Waals surface area contributed by atoms with Gasteiger partial charge in [0.25, 0.3) is 5.91 Å². The van der Waals surface area contributed by atoms with Crippen LogP contribution in [0, 0.1) is 6.92 Å². The summed E-state index contributed by atoms with van der Waals surface area (Å²) in [6.45, 7) is 2.09. The molecule has 0 saturated heterocycles. The van der Waals surface area contributed by atoms with Crippen molar-refractivity contribution in [2.75, 3.05) is 14.2 Å². The topological polar surface area (TPSA) is 47.6 Å². The summed E-state index contributed by atoms with van der Waals surface area (Å²) in [4.78, 5) is 14.8. The first-order valence-corrected chi connectivity index (χ1v) is 10.7. The average Bonchev–Trinajstić information content (AvgIpc) is 3.18. The highest BCUT2D eigenvalue weighted by Crippen LogP contribution is 2.47. The first-order valence-electron chi connectivity index (χ1n) is 9.85. The van der Waals surface area contributed by atoms with E-state index in [0.29, 0.717) is 0 Å². The summed E-state index contributed by atoms with van der Waals surface area (Å²) in [6.07, 6.45) is 1.84. The Morgan fingerprint density at radius 3 is 2.59 bits per heavy atom. The molecule has 5 rings (SSSR count). The van der Waals surface area contributed by atoms with Gasteiger partial charge in [0.05, 0.1) is 19.1 Å². The van der Waals surface area contributed by atoms with Gasteiger partial charge in [-0.15, -0.1) is 11.3 Å². The lowest BCUT2D eigenvalue weighted by atomic mass is 9.73. The molecule has 0 fully saturated rings. The number of thiophene rings is 1. The zero-order chi connectivity index (χ0) is 20.1. The van der Waals surface area contributed by atoms with E-state index in [1.807, 2.05) is 0 Å². The highest BCUT2D eigenvalue weighted by molar-refractivity contribution is 7.17. The molecule has 148 valence electrons. The van der Waals surface area contributed by atoms with E-state index in [1.165, 1.54) is 16.7 Å². The third kappa shape index (κ3) is 2.92. The number of hydrogen-bond donors (Lipinski definition) is 1. The summed E-state index contributed by atoms with van der Waals surface area (Å²) in [5, 5.41) is 3.26. The Kier molecular flexibility index (Phi) is 4.36. The standard InChI is InChI=1S/C24H23NO3S/c1-13-5-4-6-15(9-13)21-12-17-22-16-11-20(28-3)19(27-2)10-14(16)7-8-18(22)25-24(26)23(17)29-21/h4-6,9-12,18,22H,7-8H2,1-3H3,(H,25,26)/t18-,22+/m0/s1. The molecule has 29 heavy (non-hydrogen) atoms. The fraction of sp³-hybridized carbons (Fsp3) is 0.292. The van der Waals surface area contributed by atoms with Crippen LogP contribution >= 0.6 is 11.3 Å². The van der Waals surface area contributed by atoms with Crippen molar-refractivity contribution in [3.8, 4) is 21.9 Å². The Morgan fingerprint density at radius 1 is 1.03 bits per heavy atom. The number of nitrogens with one attached hydrogen (secondary N) is 1. The van der Waals surface area contributed by atoms with Crippen LogP contribution in [0.3, 0.4) is 0 Å². The number of aryl methyl sites for hydroxylation is 2. The van der Waals surface area contributed by atoms with Crippen LogP contribution in [-0.4, -0.2) is 26.2 Å². The number of rotatable bonds is 3. The van der Waals surface area contributed by atoms with E-state index in [-0.39, 0.29) is 17.9 Å². The molecular weight excluding hydrogens is 382 g/mol. The molecule has 0 radical (unpaired) electrons. The number of carbonyl (C=O) groups is 1. The van der Waals surface area contributed by atoms with Crippen LogP contribution in [0.2, 0.25) is 0 Å². The minimum absolute atomic E-state index is 0.0501. The van der Waals surface area contributed by atoms with E-state index in [4.69, 9.17) is 9.47 Å². The molecule has 0 unspecified atom stereocenters. The SMILES string of the molecule is COc1cc2c(cc1OC)[C@@H]1c3cc(-c4cccc(C)c4)sc3C(=O)N[C@H]1CC2. The van der Waals surface area contributed by atoms with E-state index in [2.05, 4.69) is 54.7 Å². The first-order chi connectivity index (χ1) is 14.1. The Balaban J connectivity index is 1.67. The minimum Gasteiger partial charge on any atom is -0.493 e. The van der Waals surface area contributed by atoms with Crippen LogP contribution in [0.5, 0.6) is 11.5 Å². The van der Waals surface area contributed by atoms with Gasteiger partial charge in [-0.25, -0.2) is 0 Å². The Hall–Kier alpha value is -2.79. The number of methoxy groups -OCH3 is 2. The molecular formula is C24H23NO3S. The van der Waals surface area contributed by atoms with Crippen molar-refractivity contribution < 1.29 is 14.3 Å². The van der Waals surface area contributed by atoms with Crippen LogP contribution < -0.4 is 14.8 Å². The van der Waals surface area contributed by atoms with E-state index in [9.17, 15) is 4.79 Å². The fourth-order valence-corrected chi connectivity index (χ4v) is 5.77. The van der Waals surface area contributed by atoms with Crippen molar-refractivity contribution in [2.24, 2.45) is 0 Å². The molecule has 2 heterocycles. The summed E-state index contributed by atoms with van der Waals surface area (Å²) < 4.78 is 11.1. The average molecular weight is 406 g/mol. The molecule has 2 aromatic carbocycles. The van der Waals surface area contributed by atoms with Crippen molar-refractivity contribution in [2.45, 2.75) is 31.7 Å². The molecule has 4 nitrogen and oxygen atoms in total. The van der Waals surface area contributed by atoms with Gasteiger partial charge in [-0.3, -0.25) is 4.79 Å². The van der Waals surface area contributed by atoms with Crippen LogP contribution in [0.25, 0.3) is 10.4 Å². The predicted molar refractivity (Wildman–Crippen MR) is 115 cm³/mol. The predicted octanol–water partition coefficient (Wildman–Crippen LogP) is 4.93. The van der Waals surface area contributed by atoms with Crippen LogP contribution in [-0.2, 0) is 6.42 Å². The summed E-state index contributed by atoms with van der Waals surface area (Å²) >= 11 is 1.59. The molecule has 1 amide bonds.